The Morgan fingerprint density at radius 1 is 1.00 bits per heavy atom. The average Bonchev–Trinajstić information content (AvgIpc) is 2.39. The van der Waals surface area contributed by atoms with Gasteiger partial charge in [0.1, 0.15) is 0 Å². The van der Waals surface area contributed by atoms with Gasteiger partial charge in [0.2, 0.25) is 5.43 Å². The summed E-state index contributed by atoms with van der Waals surface area (Å²) in [6.45, 7) is 6.56. The fourth-order valence-electron chi connectivity index (χ4n) is 2.07. The fourth-order valence-corrected chi connectivity index (χ4v) is 2.07. The molecule has 0 fully saturated rings. The molecule has 0 atom stereocenters. The van der Waals surface area contributed by atoms with Crippen molar-refractivity contribution in [2.75, 3.05) is 0 Å². The molecule has 1 heterocycles. The van der Waals surface area contributed by atoms with E-state index >= 15 is 0 Å². The van der Waals surface area contributed by atoms with Crippen LogP contribution in [0.4, 0.5) is 0 Å². The van der Waals surface area contributed by atoms with Gasteiger partial charge in [-0.05, 0) is 29.4 Å². The third-order valence-corrected chi connectivity index (χ3v) is 3.34. The van der Waals surface area contributed by atoms with E-state index in [1.165, 1.54) is 17.2 Å². The third-order valence-electron chi connectivity index (χ3n) is 3.34. The highest BCUT2D eigenvalue weighted by molar-refractivity contribution is 5.29. The Bertz CT molecular complexity index is 705. The molecule has 0 radical (unpaired) electrons. The second kappa shape index (κ2) is 5.49. The van der Waals surface area contributed by atoms with Gasteiger partial charge in [0.05, 0.1) is 0 Å². The number of hydrogen-bond acceptors (Lipinski definition) is 2. The smallest absolute Gasteiger partial charge is 0.302 e. The van der Waals surface area contributed by atoms with Crippen molar-refractivity contribution in [3.8, 4) is 0 Å². The van der Waals surface area contributed by atoms with Crippen LogP contribution in [0.15, 0.2) is 39.9 Å². The lowest BCUT2D eigenvalue weighted by molar-refractivity contribution is 0.589. The van der Waals surface area contributed by atoms with Crippen molar-refractivity contribution in [3.63, 3.8) is 0 Å². The quantitative estimate of drug-likeness (QED) is 0.841. The van der Waals surface area contributed by atoms with Crippen LogP contribution < -0.4 is 11.0 Å². The van der Waals surface area contributed by atoms with Gasteiger partial charge in [-0.3, -0.25) is 14.7 Å². The zero-order valence-electron chi connectivity index (χ0n) is 12.1. The summed E-state index contributed by atoms with van der Waals surface area (Å²) in [6.07, 6.45) is 1.52. The van der Waals surface area contributed by atoms with Gasteiger partial charge >= 0.3 is 5.56 Å². The number of aryl methyl sites for hydroxylation is 2. The van der Waals surface area contributed by atoms with E-state index in [-0.39, 0.29) is 5.41 Å². The van der Waals surface area contributed by atoms with Gasteiger partial charge in [-0.2, -0.15) is 0 Å². The standard InChI is InChI=1S/C16H20N2O2/c1-16(2,3)12-6-4-5-11(9-12)7-8-13-10-14(19)15(20)18-17-13/h4-6,9-10H,7-8H2,1-3H3,(H,17,19)(H,18,20). The molecule has 4 heteroatoms. The molecule has 0 saturated carbocycles. The molecule has 0 saturated heterocycles. The van der Waals surface area contributed by atoms with Crippen molar-refractivity contribution >= 4 is 0 Å². The van der Waals surface area contributed by atoms with Crippen LogP contribution in [0.1, 0.15) is 37.6 Å². The zero-order valence-corrected chi connectivity index (χ0v) is 12.1. The number of aromatic amines is 2. The first-order valence-corrected chi connectivity index (χ1v) is 6.76. The van der Waals surface area contributed by atoms with Gasteiger partial charge in [0.25, 0.3) is 0 Å². The average molecular weight is 272 g/mol. The Labute approximate surface area is 117 Å². The number of nitrogens with one attached hydrogen (secondary N) is 2. The molecule has 0 aliphatic heterocycles. The third kappa shape index (κ3) is 3.47. The van der Waals surface area contributed by atoms with E-state index in [0.29, 0.717) is 6.42 Å². The number of aromatic nitrogens is 2. The van der Waals surface area contributed by atoms with Crippen molar-refractivity contribution in [1.29, 1.82) is 0 Å². The van der Waals surface area contributed by atoms with Gasteiger partial charge in [0, 0.05) is 11.8 Å². The molecule has 0 spiro atoms. The lowest BCUT2D eigenvalue weighted by Gasteiger charge is -2.19. The minimum absolute atomic E-state index is 0.127. The Morgan fingerprint density at radius 2 is 1.75 bits per heavy atom. The predicted octanol–water partition coefficient (Wildman–Crippen LogP) is 2.15. The van der Waals surface area contributed by atoms with Crippen LogP contribution in [-0.4, -0.2) is 10.2 Å². The molecular formula is C16H20N2O2. The van der Waals surface area contributed by atoms with Crippen molar-refractivity contribution < 1.29 is 0 Å². The molecule has 2 aromatic rings. The molecule has 2 N–H and O–H groups in total. The maximum absolute atomic E-state index is 11.3. The largest absolute Gasteiger partial charge is 0.310 e. The van der Waals surface area contributed by atoms with E-state index in [1.807, 2.05) is 0 Å². The molecule has 0 unspecified atom stereocenters. The van der Waals surface area contributed by atoms with Crippen molar-refractivity contribution in [3.05, 3.63) is 67.7 Å². The van der Waals surface area contributed by atoms with Crippen LogP contribution in [0.25, 0.3) is 0 Å². The summed E-state index contributed by atoms with van der Waals surface area (Å²) < 4.78 is 0. The number of rotatable bonds is 3. The molecule has 0 aliphatic rings. The summed E-state index contributed by atoms with van der Waals surface area (Å²) in [5, 5.41) is 5.10. The van der Waals surface area contributed by atoms with E-state index in [2.05, 4.69) is 55.2 Å². The van der Waals surface area contributed by atoms with Gasteiger partial charge in [0.15, 0.2) is 0 Å². The Hall–Kier alpha value is -2.10. The highest BCUT2D eigenvalue weighted by atomic mass is 16.2. The van der Waals surface area contributed by atoms with Crippen LogP contribution in [-0.2, 0) is 18.3 Å². The molecule has 0 aliphatic carbocycles. The SMILES string of the molecule is CC(C)(C)c1cccc(CCc2cc(=O)c(=O)[nH][nH]2)c1. The van der Waals surface area contributed by atoms with E-state index in [4.69, 9.17) is 0 Å². The van der Waals surface area contributed by atoms with Crippen molar-refractivity contribution in [2.24, 2.45) is 0 Å². The first-order valence-electron chi connectivity index (χ1n) is 6.76. The maximum Gasteiger partial charge on any atom is 0.310 e. The molecule has 0 bridgehead atoms. The minimum Gasteiger partial charge on any atom is -0.302 e. The summed E-state index contributed by atoms with van der Waals surface area (Å²) in [5.74, 6) is 0. The summed E-state index contributed by atoms with van der Waals surface area (Å²) in [7, 11) is 0. The van der Waals surface area contributed by atoms with Gasteiger partial charge in [-0.25, -0.2) is 0 Å². The zero-order chi connectivity index (χ0) is 14.8. The summed E-state index contributed by atoms with van der Waals surface area (Å²) in [4.78, 5) is 22.3. The van der Waals surface area contributed by atoms with E-state index in [0.717, 1.165) is 12.1 Å². The Balaban J connectivity index is 2.13. The normalized spacial score (nSPS) is 11.6. The first kappa shape index (κ1) is 14.3. The molecular weight excluding hydrogens is 252 g/mol. The number of H-pyrrole nitrogens is 2. The molecule has 0 amide bonds. The van der Waals surface area contributed by atoms with Crippen LogP contribution in [0.3, 0.4) is 0 Å². The summed E-state index contributed by atoms with van der Waals surface area (Å²) in [6, 6.07) is 9.84. The molecule has 1 aromatic carbocycles. The van der Waals surface area contributed by atoms with E-state index in [9.17, 15) is 9.59 Å². The fraction of sp³-hybridized carbons (Fsp3) is 0.375. The van der Waals surface area contributed by atoms with Crippen molar-refractivity contribution in [1.82, 2.24) is 10.2 Å². The number of hydrogen-bond donors (Lipinski definition) is 2. The highest BCUT2D eigenvalue weighted by Crippen LogP contribution is 2.23. The van der Waals surface area contributed by atoms with Crippen LogP contribution in [0.5, 0.6) is 0 Å². The van der Waals surface area contributed by atoms with Crippen molar-refractivity contribution in [2.45, 2.75) is 39.0 Å². The molecule has 20 heavy (non-hydrogen) atoms. The lowest BCUT2D eigenvalue weighted by atomic mass is 9.86. The first-order chi connectivity index (χ1) is 9.36. The molecule has 2 rings (SSSR count). The summed E-state index contributed by atoms with van der Waals surface area (Å²) >= 11 is 0. The minimum atomic E-state index is -0.608. The van der Waals surface area contributed by atoms with E-state index in [1.54, 1.807) is 0 Å². The van der Waals surface area contributed by atoms with Gasteiger partial charge in [-0.15, -0.1) is 0 Å². The highest BCUT2D eigenvalue weighted by Gasteiger charge is 2.13. The van der Waals surface area contributed by atoms with Crippen LogP contribution in [0, 0.1) is 0 Å². The molecule has 106 valence electrons. The molecule has 4 nitrogen and oxygen atoms in total. The van der Waals surface area contributed by atoms with Gasteiger partial charge < -0.3 is 5.10 Å². The van der Waals surface area contributed by atoms with Crippen LogP contribution in [0.2, 0.25) is 0 Å². The predicted molar refractivity (Wildman–Crippen MR) is 80.2 cm³/mol. The Kier molecular flexibility index (Phi) is 3.93. The lowest BCUT2D eigenvalue weighted by Crippen LogP contribution is -2.27. The second-order valence-electron chi connectivity index (χ2n) is 6.06. The topological polar surface area (TPSA) is 65.7 Å². The van der Waals surface area contributed by atoms with Gasteiger partial charge in [-0.1, -0.05) is 45.0 Å². The maximum atomic E-state index is 11.3. The molecule has 1 aromatic heterocycles. The Morgan fingerprint density at radius 3 is 2.40 bits per heavy atom. The second-order valence-corrected chi connectivity index (χ2v) is 6.06. The van der Waals surface area contributed by atoms with E-state index < -0.39 is 11.0 Å². The number of benzene rings is 1. The van der Waals surface area contributed by atoms with Crippen LogP contribution >= 0.6 is 0 Å². The monoisotopic (exact) mass is 272 g/mol. The summed E-state index contributed by atoms with van der Waals surface area (Å²) in [5.41, 5.74) is 2.29.